The van der Waals surface area contributed by atoms with E-state index in [9.17, 15) is 4.79 Å². The van der Waals surface area contributed by atoms with E-state index in [2.05, 4.69) is 21.2 Å². The van der Waals surface area contributed by atoms with Gasteiger partial charge in [0.2, 0.25) is 5.91 Å². The molecule has 0 radical (unpaired) electrons. The molecule has 4 rings (SSSR count). The highest BCUT2D eigenvalue weighted by atomic mass is 16.2. The zero-order valence-corrected chi connectivity index (χ0v) is 14.9. The summed E-state index contributed by atoms with van der Waals surface area (Å²) in [6, 6.07) is 3.95. The van der Waals surface area contributed by atoms with E-state index >= 15 is 0 Å². The van der Waals surface area contributed by atoms with Crippen LogP contribution in [-0.4, -0.2) is 56.1 Å². The monoisotopic (exact) mass is 339 g/mol. The van der Waals surface area contributed by atoms with Crippen LogP contribution in [-0.2, 0) is 18.4 Å². The standard InChI is InChI=1S/C19H25N5O/c1-22-13-15(11-21-22)14-24-8-5-19(6-9-24)10-17(18(25)23(19)2)16-4-3-7-20-12-16/h3-4,7,11-13,17H,5-6,8-10,14H2,1-2H3/t17-/m1/s1. The number of likely N-dealkylation sites (N-methyl/N-ethyl adjacent to an activating group) is 1. The minimum Gasteiger partial charge on any atom is -0.339 e. The fourth-order valence-electron chi connectivity index (χ4n) is 4.39. The van der Waals surface area contributed by atoms with Crippen LogP contribution in [0.25, 0.3) is 0 Å². The van der Waals surface area contributed by atoms with E-state index in [1.54, 1.807) is 6.20 Å². The lowest BCUT2D eigenvalue weighted by Gasteiger charge is -2.43. The van der Waals surface area contributed by atoms with Crippen molar-refractivity contribution in [3.05, 3.63) is 48.0 Å². The van der Waals surface area contributed by atoms with Gasteiger partial charge in [-0.3, -0.25) is 19.4 Å². The number of amides is 1. The van der Waals surface area contributed by atoms with Gasteiger partial charge in [-0.05, 0) is 30.9 Å². The summed E-state index contributed by atoms with van der Waals surface area (Å²) < 4.78 is 1.85. The van der Waals surface area contributed by atoms with E-state index in [-0.39, 0.29) is 17.4 Å². The summed E-state index contributed by atoms with van der Waals surface area (Å²) in [4.78, 5) is 21.5. The maximum atomic E-state index is 12.8. The fourth-order valence-corrected chi connectivity index (χ4v) is 4.39. The maximum Gasteiger partial charge on any atom is 0.230 e. The van der Waals surface area contributed by atoms with Crippen LogP contribution in [0.4, 0.5) is 0 Å². The molecule has 25 heavy (non-hydrogen) atoms. The van der Waals surface area contributed by atoms with Crippen molar-refractivity contribution < 1.29 is 4.79 Å². The number of pyridine rings is 1. The Morgan fingerprint density at radius 2 is 2.04 bits per heavy atom. The number of aromatic nitrogens is 3. The number of hydrogen-bond donors (Lipinski definition) is 0. The quantitative estimate of drug-likeness (QED) is 0.856. The molecule has 0 aliphatic carbocycles. The minimum absolute atomic E-state index is 0.00301. The molecule has 0 bridgehead atoms. The average Bonchev–Trinajstić information content (AvgIpc) is 3.15. The molecule has 132 valence electrons. The first-order valence-corrected chi connectivity index (χ1v) is 8.95. The van der Waals surface area contributed by atoms with E-state index in [0.717, 1.165) is 44.5 Å². The summed E-state index contributed by atoms with van der Waals surface area (Å²) in [5, 5.41) is 4.25. The number of carbonyl (C=O) groups excluding carboxylic acids is 1. The summed E-state index contributed by atoms with van der Waals surface area (Å²) in [6.07, 6.45) is 10.6. The molecule has 1 spiro atoms. The first-order chi connectivity index (χ1) is 12.1. The third kappa shape index (κ3) is 2.95. The van der Waals surface area contributed by atoms with Crippen molar-refractivity contribution in [3.8, 4) is 0 Å². The summed E-state index contributed by atoms with van der Waals surface area (Å²) in [5.41, 5.74) is 2.31. The third-order valence-corrected chi connectivity index (χ3v) is 5.96. The predicted molar refractivity (Wildman–Crippen MR) is 94.8 cm³/mol. The first kappa shape index (κ1) is 16.3. The Hall–Kier alpha value is -2.21. The molecule has 0 N–H and O–H groups in total. The molecule has 0 saturated carbocycles. The number of hydrogen-bond acceptors (Lipinski definition) is 4. The normalized spacial score (nSPS) is 23.5. The van der Waals surface area contributed by atoms with Crippen molar-refractivity contribution in [1.29, 1.82) is 0 Å². The summed E-state index contributed by atoms with van der Waals surface area (Å²) in [6.45, 7) is 2.98. The van der Waals surface area contributed by atoms with Crippen LogP contribution in [0.15, 0.2) is 36.9 Å². The van der Waals surface area contributed by atoms with Gasteiger partial charge in [0.15, 0.2) is 0 Å². The topological polar surface area (TPSA) is 54.3 Å². The molecule has 0 unspecified atom stereocenters. The van der Waals surface area contributed by atoms with Crippen molar-refractivity contribution in [2.75, 3.05) is 20.1 Å². The lowest BCUT2D eigenvalue weighted by molar-refractivity contribution is -0.131. The lowest BCUT2D eigenvalue weighted by Crippen LogP contribution is -2.51. The van der Waals surface area contributed by atoms with Gasteiger partial charge in [-0.15, -0.1) is 0 Å². The van der Waals surface area contributed by atoms with Crippen LogP contribution >= 0.6 is 0 Å². The zero-order valence-electron chi connectivity index (χ0n) is 14.9. The van der Waals surface area contributed by atoms with Crippen molar-refractivity contribution in [3.63, 3.8) is 0 Å². The summed E-state index contributed by atoms with van der Waals surface area (Å²) in [7, 11) is 3.93. The number of carbonyl (C=O) groups is 1. The van der Waals surface area contributed by atoms with E-state index in [1.807, 2.05) is 48.2 Å². The molecule has 1 atom stereocenters. The smallest absolute Gasteiger partial charge is 0.230 e. The van der Waals surface area contributed by atoms with Crippen LogP contribution in [0.1, 0.15) is 36.3 Å². The number of likely N-dealkylation sites (tertiary alicyclic amines) is 2. The van der Waals surface area contributed by atoms with Gasteiger partial charge in [0, 0.05) is 63.4 Å². The highest BCUT2D eigenvalue weighted by molar-refractivity contribution is 5.86. The molecule has 2 aliphatic heterocycles. The Kier molecular flexibility index (Phi) is 4.07. The molecular formula is C19H25N5O. The van der Waals surface area contributed by atoms with E-state index in [1.165, 1.54) is 5.56 Å². The van der Waals surface area contributed by atoms with Gasteiger partial charge in [-0.2, -0.15) is 5.10 Å². The first-order valence-electron chi connectivity index (χ1n) is 8.95. The number of rotatable bonds is 3. The van der Waals surface area contributed by atoms with Crippen LogP contribution in [0.2, 0.25) is 0 Å². The van der Waals surface area contributed by atoms with Gasteiger partial charge in [-0.1, -0.05) is 6.07 Å². The molecular weight excluding hydrogens is 314 g/mol. The van der Waals surface area contributed by atoms with Crippen LogP contribution in [0.5, 0.6) is 0 Å². The van der Waals surface area contributed by atoms with Gasteiger partial charge in [0.25, 0.3) is 0 Å². The molecule has 2 aromatic rings. The van der Waals surface area contributed by atoms with Crippen molar-refractivity contribution in [1.82, 2.24) is 24.6 Å². The lowest BCUT2D eigenvalue weighted by atomic mass is 9.81. The highest BCUT2D eigenvalue weighted by Gasteiger charge is 2.50. The summed E-state index contributed by atoms with van der Waals surface area (Å²) >= 11 is 0. The predicted octanol–water partition coefficient (Wildman–Crippen LogP) is 1.80. The van der Waals surface area contributed by atoms with Crippen molar-refractivity contribution in [2.24, 2.45) is 7.05 Å². The Labute approximate surface area is 148 Å². The Balaban J connectivity index is 1.44. The third-order valence-electron chi connectivity index (χ3n) is 5.96. The Morgan fingerprint density at radius 1 is 1.24 bits per heavy atom. The highest BCUT2D eigenvalue weighted by Crippen LogP contribution is 2.44. The van der Waals surface area contributed by atoms with Gasteiger partial charge in [-0.25, -0.2) is 0 Å². The molecule has 0 aromatic carbocycles. The molecule has 2 saturated heterocycles. The average molecular weight is 339 g/mol. The summed E-state index contributed by atoms with van der Waals surface area (Å²) in [5.74, 6) is 0.206. The number of nitrogens with zero attached hydrogens (tertiary/aromatic N) is 5. The molecule has 2 aliphatic rings. The zero-order chi connectivity index (χ0) is 17.4. The Morgan fingerprint density at radius 3 is 2.68 bits per heavy atom. The SMILES string of the molecule is CN1C(=O)[C@@H](c2cccnc2)CC12CCN(Cc1cnn(C)c1)CC2. The largest absolute Gasteiger partial charge is 0.339 e. The van der Waals surface area contributed by atoms with E-state index in [0.29, 0.717) is 0 Å². The van der Waals surface area contributed by atoms with Crippen molar-refractivity contribution >= 4 is 5.91 Å². The van der Waals surface area contributed by atoms with Crippen LogP contribution < -0.4 is 0 Å². The number of piperidine rings is 1. The van der Waals surface area contributed by atoms with E-state index < -0.39 is 0 Å². The minimum atomic E-state index is -0.0384. The van der Waals surface area contributed by atoms with E-state index in [4.69, 9.17) is 0 Å². The molecule has 2 fully saturated rings. The molecule has 1 amide bonds. The van der Waals surface area contributed by atoms with Crippen LogP contribution in [0.3, 0.4) is 0 Å². The second kappa shape index (κ2) is 6.26. The fraction of sp³-hybridized carbons (Fsp3) is 0.526. The molecule has 4 heterocycles. The molecule has 2 aromatic heterocycles. The van der Waals surface area contributed by atoms with Gasteiger partial charge in [0.1, 0.15) is 0 Å². The van der Waals surface area contributed by atoms with Gasteiger partial charge >= 0.3 is 0 Å². The van der Waals surface area contributed by atoms with Crippen molar-refractivity contribution in [2.45, 2.75) is 37.3 Å². The van der Waals surface area contributed by atoms with Gasteiger partial charge in [0.05, 0.1) is 12.1 Å². The Bertz CT molecular complexity index is 748. The van der Waals surface area contributed by atoms with Gasteiger partial charge < -0.3 is 4.90 Å². The number of aryl methyl sites for hydroxylation is 1. The van der Waals surface area contributed by atoms with Crippen LogP contribution in [0, 0.1) is 0 Å². The second-order valence-electron chi connectivity index (χ2n) is 7.46. The second-order valence-corrected chi connectivity index (χ2v) is 7.46. The maximum absolute atomic E-state index is 12.8. The molecule has 6 nitrogen and oxygen atoms in total. The molecule has 6 heteroatoms.